The molecule has 0 bridgehead atoms. The molecule has 1 unspecified atom stereocenters. The van der Waals surface area contributed by atoms with Crippen LogP contribution < -0.4 is 5.32 Å². The van der Waals surface area contributed by atoms with E-state index >= 15 is 0 Å². The van der Waals surface area contributed by atoms with Crippen molar-refractivity contribution >= 4 is 0 Å². The predicted molar refractivity (Wildman–Crippen MR) is 61.2 cm³/mol. The van der Waals surface area contributed by atoms with Crippen LogP contribution in [0.15, 0.2) is 0 Å². The van der Waals surface area contributed by atoms with Crippen molar-refractivity contribution in [2.45, 2.75) is 19.4 Å². The number of methoxy groups -OCH3 is 1. The second kappa shape index (κ2) is 8.05. The third-order valence-electron chi connectivity index (χ3n) is 2.77. The molecule has 0 amide bonds. The van der Waals surface area contributed by atoms with Gasteiger partial charge in [0.1, 0.15) is 0 Å². The lowest BCUT2D eigenvalue weighted by Gasteiger charge is -2.32. The Kier molecular flexibility index (Phi) is 6.92. The van der Waals surface area contributed by atoms with Gasteiger partial charge < -0.3 is 14.8 Å². The molecule has 15 heavy (non-hydrogen) atoms. The van der Waals surface area contributed by atoms with Crippen molar-refractivity contribution in [3.63, 3.8) is 0 Å². The summed E-state index contributed by atoms with van der Waals surface area (Å²) in [4.78, 5) is 2.47. The minimum absolute atomic E-state index is 0.442. The van der Waals surface area contributed by atoms with Crippen LogP contribution in [-0.4, -0.2) is 64.1 Å². The van der Waals surface area contributed by atoms with E-state index in [0.29, 0.717) is 6.10 Å². The van der Waals surface area contributed by atoms with Gasteiger partial charge in [-0.05, 0) is 6.42 Å². The van der Waals surface area contributed by atoms with Gasteiger partial charge in [0, 0.05) is 39.8 Å². The molecule has 0 radical (unpaired) electrons. The minimum atomic E-state index is 0.442. The first-order chi connectivity index (χ1) is 7.36. The Hall–Kier alpha value is -0.160. The van der Waals surface area contributed by atoms with E-state index in [-0.39, 0.29) is 0 Å². The zero-order valence-electron chi connectivity index (χ0n) is 10.00. The molecule has 0 aliphatic carbocycles. The lowest BCUT2D eigenvalue weighted by molar-refractivity contribution is -0.0291. The molecule has 0 aromatic rings. The molecule has 1 saturated heterocycles. The molecular formula is C11H24N2O2. The lowest BCUT2D eigenvalue weighted by atomic mass is 10.2. The van der Waals surface area contributed by atoms with E-state index in [4.69, 9.17) is 9.47 Å². The highest BCUT2D eigenvalue weighted by atomic mass is 16.5. The maximum absolute atomic E-state index is 5.62. The average Bonchev–Trinajstić information content (AvgIpc) is 2.29. The van der Waals surface area contributed by atoms with Gasteiger partial charge >= 0.3 is 0 Å². The van der Waals surface area contributed by atoms with Gasteiger partial charge in [-0.3, -0.25) is 4.90 Å². The van der Waals surface area contributed by atoms with Crippen molar-refractivity contribution in [2.24, 2.45) is 0 Å². The molecule has 1 aliphatic rings. The third-order valence-corrected chi connectivity index (χ3v) is 2.77. The molecular weight excluding hydrogens is 192 g/mol. The van der Waals surface area contributed by atoms with Crippen LogP contribution in [0.5, 0.6) is 0 Å². The smallest absolute Gasteiger partial charge is 0.0700 e. The number of nitrogens with zero attached hydrogens (tertiary/aromatic N) is 1. The van der Waals surface area contributed by atoms with Gasteiger partial charge in [0.2, 0.25) is 0 Å². The monoisotopic (exact) mass is 216 g/mol. The van der Waals surface area contributed by atoms with Crippen molar-refractivity contribution in [1.82, 2.24) is 10.2 Å². The molecule has 0 spiro atoms. The number of hydrogen-bond donors (Lipinski definition) is 1. The molecule has 1 rings (SSSR count). The number of hydrogen-bond acceptors (Lipinski definition) is 4. The molecule has 4 nitrogen and oxygen atoms in total. The molecule has 0 aromatic carbocycles. The Labute approximate surface area is 92.9 Å². The van der Waals surface area contributed by atoms with Gasteiger partial charge in [-0.25, -0.2) is 0 Å². The molecule has 1 atom stereocenters. The van der Waals surface area contributed by atoms with E-state index in [1.165, 1.54) is 0 Å². The molecule has 1 fully saturated rings. The van der Waals surface area contributed by atoms with Crippen LogP contribution in [0.3, 0.4) is 0 Å². The van der Waals surface area contributed by atoms with Crippen LogP contribution in [0.25, 0.3) is 0 Å². The van der Waals surface area contributed by atoms with Gasteiger partial charge in [-0.1, -0.05) is 6.92 Å². The molecule has 1 heterocycles. The summed E-state index contributed by atoms with van der Waals surface area (Å²) in [6, 6.07) is 0. The summed E-state index contributed by atoms with van der Waals surface area (Å²) in [5.74, 6) is 0. The zero-order chi connectivity index (χ0) is 10.9. The van der Waals surface area contributed by atoms with Crippen LogP contribution >= 0.6 is 0 Å². The molecule has 0 aromatic heterocycles. The van der Waals surface area contributed by atoms with Crippen LogP contribution in [0.1, 0.15) is 13.3 Å². The van der Waals surface area contributed by atoms with E-state index < -0.39 is 0 Å². The van der Waals surface area contributed by atoms with Crippen LogP contribution in [0, 0.1) is 0 Å². The average molecular weight is 216 g/mol. The van der Waals surface area contributed by atoms with Crippen molar-refractivity contribution < 1.29 is 9.47 Å². The first-order valence-electron chi connectivity index (χ1n) is 5.90. The molecule has 1 aliphatic heterocycles. The lowest BCUT2D eigenvalue weighted by Crippen LogP contribution is -2.44. The van der Waals surface area contributed by atoms with Gasteiger partial charge in [0.15, 0.2) is 0 Å². The maximum atomic E-state index is 5.62. The first-order valence-corrected chi connectivity index (χ1v) is 5.90. The van der Waals surface area contributed by atoms with Gasteiger partial charge in [-0.15, -0.1) is 0 Å². The quantitative estimate of drug-likeness (QED) is 0.622. The fourth-order valence-corrected chi connectivity index (χ4v) is 1.77. The molecule has 0 saturated carbocycles. The summed E-state index contributed by atoms with van der Waals surface area (Å²) in [6.45, 7) is 9.12. The van der Waals surface area contributed by atoms with Gasteiger partial charge in [0.25, 0.3) is 0 Å². The fourth-order valence-electron chi connectivity index (χ4n) is 1.77. The second-order valence-corrected chi connectivity index (χ2v) is 3.94. The Morgan fingerprint density at radius 2 is 2.33 bits per heavy atom. The summed E-state index contributed by atoms with van der Waals surface area (Å²) in [7, 11) is 1.73. The highest BCUT2D eigenvalue weighted by Gasteiger charge is 2.17. The number of ether oxygens (including phenoxy) is 2. The van der Waals surface area contributed by atoms with E-state index in [1.807, 2.05) is 0 Å². The summed E-state index contributed by atoms with van der Waals surface area (Å²) in [5, 5.41) is 3.36. The Bertz CT molecular complexity index is 156. The van der Waals surface area contributed by atoms with Crippen LogP contribution in [-0.2, 0) is 9.47 Å². The van der Waals surface area contributed by atoms with E-state index in [2.05, 4.69) is 17.1 Å². The SMILES string of the molecule is CCC1CN(CCNCCOC)CCO1. The number of morpholine rings is 1. The Morgan fingerprint density at radius 3 is 3.07 bits per heavy atom. The standard InChI is InChI=1S/C11H24N2O2/c1-3-11-10-13(7-9-15-11)6-4-12-5-8-14-2/h11-12H,3-10H2,1-2H3. The summed E-state index contributed by atoms with van der Waals surface area (Å²) < 4.78 is 10.6. The van der Waals surface area contributed by atoms with Crippen molar-refractivity contribution in [3.05, 3.63) is 0 Å². The summed E-state index contributed by atoms with van der Waals surface area (Å²) in [6.07, 6.45) is 1.56. The maximum Gasteiger partial charge on any atom is 0.0700 e. The third kappa shape index (κ3) is 5.47. The molecule has 4 heteroatoms. The highest BCUT2D eigenvalue weighted by molar-refractivity contribution is 4.70. The Balaban J connectivity index is 2.00. The predicted octanol–water partition coefficient (Wildman–Crippen LogP) is 0.333. The van der Waals surface area contributed by atoms with Crippen LogP contribution in [0.4, 0.5) is 0 Å². The van der Waals surface area contributed by atoms with E-state index in [0.717, 1.165) is 52.4 Å². The zero-order valence-corrected chi connectivity index (χ0v) is 10.00. The van der Waals surface area contributed by atoms with Gasteiger partial charge in [-0.2, -0.15) is 0 Å². The fraction of sp³-hybridized carbons (Fsp3) is 1.00. The number of nitrogens with one attached hydrogen (secondary N) is 1. The minimum Gasteiger partial charge on any atom is -0.383 e. The van der Waals surface area contributed by atoms with Crippen molar-refractivity contribution in [1.29, 1.82) is 0 Å². The summed E-state index contributed by atoms with van der Waals surface area (Å²) >= 11 is 0. The van der Waals surface area contributed by atoms with E-state index in [1.54, 1.807) is 7.11 Å². The largest absolute Gasteiger partial charge is 0.383 e. The first kappa shape index (κ1) is 12.9. The topological polar surface area (TPSA) is 33.7 Å². The molecule has 90 valence electrons. The second-order valence-electron chi connectivity index (χ2n) is 3.94. The van der Waals surface area contributed by atoms with Gasteiger partial charge in [0.05, 0.1) is 19.3 Å². The highest BCUT2D eigenvalue weighted by Crippen LogP contribution is 2.06. The number of rotatable bonds is 7. The Morgan fingerprint density at radius 1 is 1.47 bits per heavy atom. The van der Waals surface area contributed by atoms with Crippen LogP contribution in [0.2, 0.25) is 0 Å². The van der Waals surface area contributed by atoms with Crippen molar-refractivity contribution in [2.75, 3.05) is 53.0 Å². The normalized spacial score (nSPS) is 23.2. The summed E-state index contributed by atoms with van der Waals surface area (Å²) in [5.41, 5.74) is 0. The molecule has 1 N–H and O–H groups in total. The van der Waals surface area contributed by atoms with Crippen molar-refractivity contribution in [3.8, 4) is 0 Å². The van der Waals surface area contributed by atoms with E-state index in [9.17, 15) is 0 Å².